The van der Waals surface area contributed by atoms with Gasteiger partial charge in [0.1, 0.15) is 0 Å². The van der Waals surface area contributed by atoms with Crippen LogP contribution < -0.4 is 4.90 Å². The van der Waals surface area contributed by atoms with Crippen LogP contribution in [0, 0.1) is 6.92 Å². The van der Waals surface area contributed by atoms with Gasteiger partial charge in [0.2, 0.25) is 0 Å². The summed E-state index contributed by atoms with van der Waals surface area (Å²) < 4.78 is 0.718. The second kappa shape index (κ2) is 4.72. The molecule has 2 aromatic rings. The highest BCUT2D eigenvalue weighted by Crippen LogP contribution is 2.33. The molecule has 0 aliphatic carbocycles. The number of carbonyl (C=O) groups is 2. The van der Waals surface area contributed by atoms with Gasteiger partial charge in [-0.3, -0.25) is 9.59 Å². The number of halogens is 2. The van der Waals surface area contributed by atoms with E-state index >= 15 is 0 Å². The first kappa shape index (κ1) is 13.3. The Kier molecular flexibility index (Phi) is 3.15. The smallest absolute Gasteiger partial charge is 0.266 e. The number of hydrogen-bond donors (Lipinski definition) is 0. The van der Waals surface area contributed by atoms with E-state index in [4.69, 9.17) is 11.6 Å². The Morgan fingerprint density at radius 2 is 1.70 bits per heavy atom. The summed E-state index contributed by atoms with van der Waals surface area (Å²) in [6, 6.07) is 10.2. The van der Waals surface area contributed by atoms with E-state index in [1.807, 2.05) is 13.0 Å². The van der Waals surface area contributed by atoms with E-state index < -0.39 is 0 Å². The van der Waals surface area contributed by atoms with E-state index in [-0.39, 0.29) is 11.8 Å². The molecule has 0 aromatic heterocycles. The largest absolute Gasteiger partial charge is 0.268 e. The Morgan fingerprint density at radius 1 is 1.00 bits per heavy atom. The Hall–Kier alpha value is -1.65. The van der Waals surface area contributed by atoms with Gasteiger partial charge in [-0.15, -0.1) is 0 Å². The van der Waals surface area contributed by atoms with Crippen LogP contribution in [0.25, 0.3) is 0 Å². The fourth-order valence-electron chi connectivity index (χ4n) is 2.21. The molecule has 0 fully saturated rings. The molecule has 2 aromatic carbocycles. The average molecular weight is 351 g/mol. The molecular weight excluding hydrogens is 342 g/mol. The first-order valence-corrected chi connectivity index (χ1v) is 7.10. The van der Waals surface area contributed by atoms with E-state index in [0.717, 1.165) is 14.9 Å². The van der Waals surface area contributed by atoms with Crippen LogP contribution in [0.4, 0.5) is 5.69 Å². The number of rotatable bonds is 1. The highest BCUT2D eigenvalue weighted by molar-refractivity contribution is 9.10. The van der Waals surface area contributed by atoms with Crippen LogP contribution in [0.5, 0.6) is 0 Å². The van der Waals surface area contributed by atoms with E-state index in [9.17, 15) is 9.59 Å². The Labute approximate surface area is 129 Å². The van der Waals surface area contributed by atoms with E-state index in [2.05, 4.69) is 15.9 Å². The third-order valence-corrected chi connectivity index (χ3v) is 4.44. The van der Waals surface area contributed by atoms with Gasteiger partial charge in [-0.2, -0.15) is 0 Å². The summed E-state index contributed by atoms with van der Waals surface area (Å²) in [5, 5.41) is 0.454. The standard InChI is InChI=1S/C15H9BrClNO2/c1-8-2-4-10-11(6-8)15(20)18(14(10)19)9-3-5-12(16)13(17)7-9/h2-7H,1H3. The summed E-state index contributed by atoms with van der Waals surface area (Å²) in [6.07, 6.45) is 0. The van der Waals surface area contributed by atoms with Crippen molar-refractivity contribution < 1.29 is 9.59 Å². The predicted octanol–water partition coefficient (Wildman–Crippen LogP) is 4.21. The highest BCUT2D eigenvalue weighted by Gasteiger charge is 2.36. The lowest BCUT2D eigenvalue weighted by Gasteiger charge is -2.14. The summed E-state index contributed by atoms with van der Waals surface area (Å²) >= 11 is 9.31. The first-order valence-electron chi connectivity index (χ1n) is 5.93. The molecule has 0 saturated heterocycles. The lowest BCUT2D eigenvalue weighted by molar-refractivity contribution is 0.0926. The molecule has 1 heterocycles. The van der Waals surface area contributed by atoms with Gasteiger partial charge in [-0.05, 0) is 53.2 Å². The Bertz CT molecular complexity index is 758. The molecule has 5 heteroatoms. The normalized spacial score (nSPS) is 13.8. The van der Waals surface area contributed by atoms with Gasteiger partial charge < -0.3 is 0 Å². The van der Waals surface area contributed by atoms with Crippen molar-refractivity contribution in [3.8, 4) is 0 Å². The lowest BCUT2D eigenvalue weighted by atomic mass is 10.1. The number of aryl methyl sites for hydroxylation is 1. The molecule has 100 valence electrons. The van der Waals surface area contributed by atoms with Gasteiger partial charge >= 0.3 is 0 Å². The molecule has 1 aliphatic rings. The summed E-state index contributed by atoms with van der Waals surface area (Å²) in [5.74, 6) is -0.629. The molecule has 20 heavy (non-hydrogen) atoms. The van der Waals surface area contributed by atoms with Crippen LogP contribution in [0.1, 0.15) is 26.3 Å². The molecule has 0 spiro atoms. The maximum atomic E-state index is 12.4. The molecule has 1 aliphatic heterocycles. The molecular formula is C15H9BrClNO2. The number of benzene rings is 2. The van der Waals surface area contributed by atoms with Crippen molar-refractivity contribution in [3.05, 3.63) is 62.6 Å². The molecule has 0 radical (unpaired) electrons. The minimum atomic E-state index is -0.316. The van der Waals surface area contributed by atoms with Gasteiger partial charge in [0, 0.05) is 4.47 Å². The molecule has 0 atom stereocenters. The minimum Gasteiger partial charge on any atom is -0.268 e. The van der Waals surface area contributed by atoms with Crippen LogP contribution >= 0.6 is 27.5 Å². The number of hydrogen-bond acceptors (Lipinski definition) is 2. The highest BCUT2D eigenvalue weighted by atomic mass is 79.9. The fraction of sp³-hybridized carbons (Fsp3) is 0.0667. The molecule has 0 N–H and O–H groups in total. The molecule has 0 saturated carbocycles. The second-order valence-electron chi connectivity index (χ2n) is 4.59. The zero-order valence-electron chi connectivity index (χ0n) is 10.5. The van der Waals surface area contributed by atoms with Gasteiger partial charge in [0.05, 0.1) is 21.8 Å². The topological polar surface area (TPSA) is 37.4 Å². The van der Waals surface area contributed by atoms with Crippen molar-refractivity contribution in [2.24, 2.45) is 0 Å². The van der Waals surface area contributed by atoms with Crippen LogP contribution in [-0.2, 0) is 0 Å². The number of anilines is 1. The monoisotopic (exact) mass is 349 g/mol. The zero-order valence-corrected chi connectivity index (χ0v) is 12.8. The maximum Gasteiger partial charge on any atom is 0.266 e. The average Bonchev–Trinajstić information content (AvgIpc) is 2.65. The predicted molar refractivity (Wildman–Crippen MR) is 81.5 cm³/mol. The summed E-state index contributed by atoms with van der Waals surface area (Å²) in [6.45, 7) is 1.89. The zero-order chi connectivity index (χ0) is 14.4. The van der Waals surface area contributed by atoms with Gasteiger partial charge in [0.25, 0.3) is 11.8 Å². The number of nitrogens with zero attached hydrogens (tertiary/aromatic N) is 1. The number of amides is 2. The minimum absolute atomic E-state index is 0.313. The summed E-state index contributed by atoms with van der Waals surface area (Å²) in [7, 11) is 0. The van der Waals surface area contributed by atoms with Crippen molar-refractivity contribution in [1.82, 2.24) is 0 Å². The van der Waals surface area contributed by atoms with Gasteiger partial charge in [-0.1, -0.05) is 23.2 Å². The number of imide groups is 1. The third-order valence-electron chi connectivity index (χ3n) is 3.20. The summed E-state index contributed by atoms with van der Waals surface area (Å²) in [4.78, 5) is 25.9. The molecule has 2 amide bonds. The Morgan fingerprint density at radius 3 is 2.40 bits per heavy atom. The van der Waals surface area contributed by atoms with Crippen molar-refractivity contribution in [2.45, 2.75) is 6.92 Å². The Balaban J connectivity index is 2.11. The fourth-order valence-corrected chi connectivity index (χ4v) is 2.63. The third kappa shape index (κ3) is 1.96. The van der Waals surface area contributed by atoms with Crippen LogP contribution in [-0.4, -0.2) is 11.8 Å². The maximum absolute atomic E-state index is 12.4. The van der Waals surface area contributed by atoms with Gasteiger partial charge in [-0.25, -0.2) is 4.90 Å². The SMILES string of the molecule is Cc1ccc2c(c1)C(=O)N(c1ccc(Br)c(Cl)c1)C2=O. The first-order chi connectivity index (χ1) is 9.49. The van der Waals surface area contributed by atoms with Crippen molar-refractivity contribution in [1.29, 1.82) is 0 Å². The number of carbonyl (C=O) groups excluding carboxylic acids is 2. The van der Waals surface area contributed by atoms with Gasteiger partial charge in [0.15, 0.2) is 0 Å². The second-order valence-corrected chi connectivity index (χ2v) is 5.85. The number of fused-ring (bicyclic) bond motifs is 1. The van der Waals surface area contributed by atoms with Crippen molar-refractivity contribution >= 4 is 45.0 Å². The van der Waals surface area contributed by atoms with Crippen LogP contribution in [0.15, 0.2) is 40.9 Å². The molecule has 3 rings (SSSR count). The van der Waals surface area contributed by atoms with E-state index in [1.54, 1.807) is 30.3 Å². The van der Waals surface area contributed by atoms with Crippen LogP contribution in [0.3, 0.4) is 0 Å². The summed E-state index contributed by atoms with van der Waals surface area (Å²) in [5.41, 5.74) is 2.29. The molecule has 3 nitrogen and oxygen atoms in total. The quantitative estimate of drug-likeness (QED) is 0.722. The van der Waals surface area contributed by atoms with Crippen molar-refractivity contribution in [2.75, 3.05) is 4.90 Å². The van der Waals surface area contributed by atoms with E-state index in [0.29, 0.717) is 21.8 Å². The van der Waals surface area contributed by atoms with Crippen LogP contribution in [0.2, 0.25) is 5.02 Å². The molecule has 0 bridgehead atoms. The lowest BCUT2D eigenvalue weighted by Crippen LogP contribution is -2.29. The molecule has 0 unspecified atom stereocenters. The van der Waals surface area contributed by atoms with Crippen molar-refractivity contribution in [3.63, 3.8) is 0 Å². The van der Waals surface area contributed by atoms with E-state index in [1.165, 1.54) is 0 Å².